The summed E-state index contributed by atoms with van der Waals surface area (Å²) in [5.74, 6) is -1.96. The first-order valence-electron chi connectivity index (χ1n) is 11.2. The van der Waals surface area contributed by atoms with Crippen LogP contribution in [-0.2, 0) is 14.3 Å². The normalized spacial score (nSPS) is 19.0. The first-order chi connectivity index (χ1) is 15.5. The van der Waals surface area contributed by atoms with Gasteiger partial charge >= 0.3 is 12.1 Å². The van der Waals surface area contributed by atoms with Gasteiger partial charge in [0.05, 0.1) is 5.92 Å². The van der Waals surface area contributed by atoms with Crippen molar-refractivity contribution in [3.8, 4) is 11.1 Å². The zero-order chi connectivity index (χ0) is 24.0. The molecule has 4 rings (SSSR count). The smallest absolute Gasteiger partial charge is 0.408 e. The van der Waals surface area contributed by atoms with Crippen molar-refractivity contribution in [2.24, 2.45) is 11.3 Å². The van der Waals surface area contributed by atoms with Gasteiger partial charge in [-0.3, -0.25) is 9.59 Å². The van der Waals surface area contributed by atoms with Crippen LogP contribution < -0.4 is 5.32 Å². The van der Waals surface area contributed by atoms with Crippen LogP contribution in [0.4, 0.5) is 4.79 Å². The fourth-order valence-electron chi connectivity index (χ4n) is 5.04. The summed E-state index contributed by atoms with van der Waals surface area (Å²) in [5.41, 5.74) is 2.74. The molecule has 1 fully saturated rings. The predicted molar refractivity (Wildman–Crippen MR) is 124 cm³/mol. The number of hydrogen-bond acceptors (Lipinski definition) is 4. The molecular weight excluding hydrogens is 420 g/mol. The van der Waals surface area contributed by atoms with E-state index in [9.17, 15) is 19.5 Å². The van der Waals surface area contributed by atoms with Crippen molar-refractivity contribution in [1.82, 2.24) is 10.2 Å². The number of amides is 2. The fourth-order valence-corrected chi connectivity index (χ4v) is 5.04. The van der Waals surface area contributed by atoms with Gasteiger partial charge in [0.15, 0.2) is 0 Å². The molecule has 2 aliphatic rings. The maximum Gasteiger partial charge on any atom is 0.408 e. The Morgan fingerprint density at radius 1 is 1.06 bits per heavy atom. The van der Waals surface area contributed by atoms with Crippen LogP contribution in [0.5, 0.6) is 0 Å². The van der Waals surface area contributed by atoms with Crippen LogP contribution in [0, 0.1) is 11.3 Å². The van der Waals surface area contributed by atoms with E-state index in [-0.39, 0.29) is 25.0 Å². The number of likely N-dealkylation sites (tertiary alicyclic amines) is 1. The second-order valence-corrected chi connectivity index (χ2v) is 10.1. The first-order valence-corrected chi connectivity index (χ1v) is 11.2. The first kappa shape index (κ1) is 22.8. The van der Waals surface area contributed by atoms with Crippen LogP contribution in [0.25, 0.3) is 11.1 Å². The summed E-state index contributed by atoms with van der Waals surface area (Å²) in [6.45, 7) is 7.49. The Hall–Kier alpha value is -3.35. The van der Waals surface area contributed by atoms with Crippen molar-refractivity contribution in [3.05, 3.63) is 59.7 Å². The van der Waals surface area contributed by atoms with E-state index in [1.54, 1.807) is 13.8 Å². The Labute approximate surface area is 193 Å². The summed E-state index contributed by atoms with van der Waals surface area (Å²) in [4.78, 5) is 38.9. The summed E-state index contributed by atoms with van der Waals surface area (Å²) in [6, 6.07) is 16.2. The number of hydrogen-bond donors (Lipinski definition) is 2. The van der Waals surface area contributed by atoms with Crippen molar-refractivity contribution in [3.63, 3.8) is 0 Å². The lowest BCUT2D eigenvalue weighted by Crippen LogP contribution is -2.56. The minimum atomic E-state index is -1.23. The molecule has 0 saturated carbocycles. The van der Waals surface area contributed by atoms with Gasteiger partial charge < -0.3 is 20.1 Å². The molecule has 1 atom stereocenters. The average Bonchev–Trinajstić information content (AvgIpc) is 3.25. The number of aliphatic carboxylic acids is 1. The van der Waals surface area contributed by atoms with Gasteiger partial charge in [-0.2, -0.15) is 0 Å². The number of ether oxygens (including phenoxy) is 1. The third-order valence-corrected chi connectivity index (χ3v) is 6.82. The lowest BCUT2D eigenvalue weighted by molar-refractivity contribution is -0.144. The molecule has 1 unspecified atom stereocenters. The zero-order valence-electron chi connectivity index (χ0n) is 19.4. The maximum atomic E-state index is 13.1. The highest BCUT2D eigenvalue weighted by atomic mass is 16.5. The molecule has 33 heavy (non-hydrogen) atoms. The van der Waals surface area contributed by atoms with Crippen LogP contribution in [0.1, 0.15) is 44.7 Å². The number of fused-ring (bicyclic) bond motifs is 3. The van der Waals surface area contributed by atoms with E-state index >= 15 is 0 Å². The number of carbonyl (C=O) groups is 3. The van der Waals surface area contributed by atoms with E-state index in [0.29, 0.717) is 6.54 Å². The van der Waals surface area contributed by atoms with Crippen LogP contribution in [-0.4, -0.2) is 53.2 Å². The van der Waals surface area contributed by atoms with E-state index in [2.05, 4.69) is 17.4 Å². The Kier molecular flexibility index (Phi) is 5.68. The molecule has 2 amide bonds. The number of benzene rings is 2. The van der Waals surface area contributed by atoms with Gasteiger partial charge in [-0.25, -0.2) is 4.79 Å². The zero-order valence-corrected chi connectivity index (χ0v) is 19.4. The van der Waals surface area contributed by atoms with Crippen molar-refractivity contribution in [1.29, 1.82) is 0 Å². The summed E-state index contributed by atoms with van der Waals surface area (Å²) < 4.78 is 5.57. The average molecular weight is 451 g/mol. The number of carboxylic acids is 1. The third kappa shape index (κ3) is 4.19. The fraction of sp³-hybridized carbons (Fsp3) is 0.423. The number of carboxylic acid groups (broad SMARTS) is 1. The number of alkyl carbamates (subject to hydrolysis) is 1. The quantitative estimate of drug-likeness (QED) is 0.721. The predicted octanol–water partition coefficient (Wildman–Crippen LogP) is 3.87. The van der Waals surface area contributed by atoms with Crippen molar-refractivity contribution >= 4 is 18.0 Å². The van der Waals surface area contributed by atoms with Gasteiger partial charge in [0.2, 0.25) is 5.91 Å². The molecule has 2 N–H and O–H groups in total. The molecule has 2 aromatic rings. The van der Waals surface area contributed by atoms with Crippen molar-refractivity contribution in [2.75, 3.05) is 19.7 Å². The molecule has 1 aliphatic carbocycles. The summed E-state index contributed by atoms with van der Waals surface area (Å²) in [7, 11) is 0. The molecule has 1 aliphatic heterocycles. The van der Waals surface area contributed by atoms with Crippen molar-refractivity contribution in [2.45, 2.75) is 39.2 Å². The third-order valence-electron chi connectivity index (χ3n) is 6.82. The van der Waals surface area contributed by atoms with Gasteiger partial charge in [-0.05, 0) is 41.5 Å². The van der Waals surface area contributed by atoms with E-state index in [4.69, 9.17) is 4.74 Å². The minimum absolute atomic E-state index is 0.0716. The number of nitrogens with zero attached hydrogens (tertiary/aromatic N) is 1. The molecule has 0 bridgehead atoms. The Morgan fingerprint density at radius 2 is 1.61 bits per heavy atom. The molecule has 1 heterocycles. The summed E-state index contributed by atoms with van der Waals surface area (Å²) in [5, 5.41) is 12.2. The van der Waals surface area contributed by atoms with Gasteiger partial charge in [0, 0.05) is 19.0 Å². The number of carbonyl (C=O) groups excluding carboxylic acids is 2. The van der Waals surface area contributed by atoms with E-state index in [1.807, 2.05) is 50.2 Å². The summed E-state index contributed by atoms with van der Waals surface area (Å²) >= 11 is 0. The van der Waals surface area contributed by atoms with Gasteiger partial charge in [0.25, 0.3) is 0 Å². The molecule has 0 aromatic heterocycles. The van der Waals surface area contributed by atoms with E-state index < -0.39 is 28.9 Å². The van der Waals surface area contributed by atoms with Crippen molar-refractivity contribution < 1.29 is 24.2 Å². The molecule has 0 spiro atoms. The lowest BCUT2D eigenvalue weighted by atomic mass is 9.82. The van der Waals surface area contributed by atoms with Gasteiger partial charge in [0.1, 0.15) is 12.1 Å². The number of nitrogens with one attached hydrogen (secondary N) is 1. The van der Waals surface area contributed by atoms with Gasteiger partial charge in [-0.1, -0.05) is 62.4 Å². The van der Waals surface area contributed by atoms with Crippen LogP contribution in [0.3, 0.4) is 0 Å². The molecule has 7 heteroatoms. The highest BCUT2D eigenvalue weighted by molar-refractivity contribution is 5.90. The van der Waals surface area contributed by atoms with Crippen LogP contribution >= 0.6 is 0 Å². The Bertz CT molecular complexity index is 1060. The van der Waals surface area contributed by atoms with E-state index in [0.717, 1.165) is 22.3 Å². The molecule has 0 radical (unpaired) electrons. The van der Waals surface area contributed by atoms with Gasteiger partial charge in [-0.15, -0.1) is 0 Å². The Balaban J connectivity index is 1.41. The highest BCUT2D eigenvalue weighted by Crippen LogP contribution is 2.44. The van der Waals surface area contributed by atoms with E-state index in [1.165, 1.54) is 4.90 Å². The summed E-state index contributed by atoms with van der Waals surface area (Å²) in [6.07, 6.45) is -0.677. The van der Waals surface area contributed by atoms with Crippen LogP contribution in [0.2, 0.25) is 0 Å². The largest absolute Gasteiger partial charge is 0.481 e. The molecule has 7 nitrogen and oxygen atoms in total. The number of rotatable bonds is 5. The Morgan fingerprint density at radius 3 is 2.12 bits per heavy atom. The topological polar surface area (TPSA) is 95.9 Å². The highest BCUT2D eigenvalue weighted by Gasteiger charge is 2.48. The standard InChI is InChI=1S/C26H30N2O5/c1-25(2)15-28(13-21(25)22(29)30)23(31)26(3,4)27-24(32)33-14-20-18-11-7-5-9-16(18)17-10-6-8-12-19(17)20/h5-12,20-21H,13-15H2,1-4H3,(H,27,32)(H,29,30). The molecule has 2 aromatic carbocycles. The maximum absolute atomic E-state index is 13.1. The second kappa shape index (κ2) is 8.21. The molecular formula is C26H30N2O5. The monoisotopic (exact) mass is 450 g/mol. The minimum Gasteiger partial charge on any atom is -0.481 e. The van der Waals surface area contributed by atoms with Crippen LogP contribution in [0.15, 0.2) is 48.5 Å². The SMILES string of the molecule is CC(C)(NC(=O)OCC1c2ccccc2-c2ccccc21)C(=O)N1CC(C(=O)O)C(C)(C)C1. The molecule has 174 valence electrons. The lowest BCUT2D eigenvalue weighted by Gasteiger charge is -2.30. The second-order valence-electron chi connectivity index (χ2n) is 10.1. The molecule has 1 saturated heterocycles.